The van der Waals surface area contributed by atoms with Crippen LogP contribution in [-0.4, -0.2) is 49.7 Å². The van der Waals surface area contributed by atoms with Gasteiger partial charge in [0.15, 0.2) is 5.03 Å². The van der Waals surface area contributed by atoms with E-state index in [1.165, 1.54) is 16.6 Å². The van der Waals surface area contributed by atoms with Crippen molar-refractivity contribution >= 4 is 32.4 Å². The van der Waals surface area contributed by atoms with Crippen LogP contribution in [0.25, 0.3) is 22.2 Å². The largest absolute Gasteiger partial charge is 0.378 e. The van der Waals surface area contributed by atoms with E-state index in [1.54, 1.807) is 13.2 Å². The Morgan fingerprint density at radius 1 is 1.10 bits per heavy atom. The summed E-state index contributed by atoms with van der Waals surface area (Å²) in [5.74, 6) is 0. The summed E-state index contributed by atoms with van der Waals surface area (Å²) in [4.78, 5) is 9.67. The highest BCUT2D eigenvalue weighted by Crippen LogP contribution is 2.39. The average molecular weight is 411 g/mol. The van der Waals surface area contributed by atoms with Gasteiger partial charge in [-0.15, -0.1) is 0 Å². The normalized spacial score (nSPS) is 11.7. The lowest BCUT2D eigenvalue weighted by molar-refractivity contribution is 0.590. The molecule has 4 rings (SSSR count). The van der Waals surface area contributed by atoms with Crippen molar-refractivity contribution in [2.24, 2.45) is 0 Å². The van der Waals surface area contributed by atoms with E-state index in [1.807, 2.05) is 50.3 Å². The lowest BCUT2D eigenvalue weighted by Crippen LogP contribution is -2.28. The number of H-pyrrole nitrogens is 2. The number of rotatable bonds is 5. The molecule has 0 saturated heterocycles. The van der Waals surface area contributed by atoms with Crippen LogP contribution < -0.4 is 9.21 Å². The minimum atomic E-state index is -3.80. The van der Waals surface area contributed by atoms with Crippen molar-refractivity contribution in [3.8, 4) is 11.1 Å². The van der Waals surface area contributed by atoms with Crippen molar-refractivity contribution < 1.29 is 8.42 Å². The van der Waals surface area contributed by atoms with Crippen LogP contribution >= 0.6 is 0 Å². The Balaban J connectivity index is 1.95. The fourth-order valence-corrected chi connectivity index (χ4v) is 4.58. The first-order valence-corrected chi connectivity index (χ1v) is 10.5. The highest BCUT2D eigenvalue weighted by molar-refractivity contribution is 7.92. The molecule has 9 heteroatoms. The molecule has 29 heavy (non-hydrogen) atoms. The van der Waals surface area contributed by atoms with E-state index in [-0.39, 0.29) is 5.03 Å². The molecule has 8 nitrogen and oxygen atoms in total. The predicted molar refractivity (Wildman–Crippen MR) is 115 cm³/mol. The zero-order chi connectivity index (χ0) is 20.8. The van der Waals surface area contributed by atoms with Crippen molar-refractivity contribution in [2.75, 3.05) is 30.3 Å². The molecule has 3 heterocycles. The molecule has 0 atom stereocenters. The maximum Gasteiger partial charge on any atom is 0.281 e. The van der Waals surface area contributed by atoms with E-state index in [2.05, 4.69) is 26.2 Å². The number of nitrogens with one attached hydrogen (secondary N) is 2. The quantitative estimate of drug-likeness (QED) is 0.527. The summed E-state index contributed by atoms with van der Waals surface area (Å²) in [6.07, 6.45) is 4.96. The molecule has 0 aliphatic rings. The van der Waals surface area contributed by atoms with Gasteiger partial charge in [0.2, 0.25) is 0 Å². The molecule has 3 aromatic heterocycles. The minimum Gasteiger partial charge on any atom is -0.378 e. The molecular weight excluding hydrogens is 388 g/mol. The standard InChI is InChI=1S/C20H22N6O2S/c1-13-11-21-20-18(19(13)26(4)29(27,28)17-8-9-23-24-17)16(12-22-20)14-6-5-7-15(10-14)25(2)3/h5-12H,1-4H3,(H,21,22)(H,23,24). The van der Waals surface area contributed by atoms with Gasteiger partial charge in [-0.25, -0.2) is 4.98 Å². The molecule has 2 N–H and O–H groups in total. The van der Waals surface area contributed by atoms with Crippen molar-refractivity contribution in [1.29, 1.82) is 0 Å². The van der Waals surface area contributed by atoms with E-state index in [9.17, 15) is 8.42 Å². The second-order valence-corrected chi connectivity index (χ2v) is 8.99. The molecule has 0 amide bonds. The Morgan fingerprint density at radius 3 is 2.59 bits per heavy atom. The lowest BCUT2D eigenvalue weighted by atomic mass is 10.0. The molecule has 4 aromatic rings. The van der Waals surface area contributed by atoms with Crippen LogP contribution in [0, 0.1) is 6.92 Å². The van der Waals surface area contributed by atoms with Crippen LogP contribution in [0.15, 0.2) is 53.9 Å². The SMILES string of the molecule is Cc1cnc2[nH]cc(-c3cccc(N(C)C)c3)c2c1N(C)S(=O)(=O)c1ccn[nH]1. The van der Waals surface area contributed by atoms with Crippen molar-refractivity contribution in [1.82, 2.24) is 20.2 Å². The molecule has 0 saturated carbocycles. The molecule has 0 fully saturated rings. The molecule has 150 valence electrons. The zero-order valence-electron chi connectivity index (χ0n) is 16.6. The van der Waals surface area contributed by atoms with Crippen LogP contribution in [0.2, 0.25) is 0 Å². The summed E-state index contributed by atoms with van der Waals surface area (Å²) in [6, 6.07) is 9.52. The molecule has 1 aromatic carbocycles. The van der Waals surface area contributed by atoms with Gasteiger partial charge in [-0.1, -0.05) is 12.1 Å². The number of benzene rings is 1. The fraction of sp³-hybridized carbons (Fsp3) is 0.200. The van der Waals surface area contributed by atoms with E-state index >= 15 is 0 Å². The van der Waals surface area contributed by atoms with Crippen molar-refractivity contribution in [3.63, 3.8) is 0 Å². The number of aromatic amines is 2. The van der Waals surface area contributed by atoms with Crippen LogP contribution in [0.5, 0.6) is 0 Å². The number of aromatic nitrogens is 4. The number of anilines is 2. The summed E-state index contributed by atoms with van der Waals surface area (Å²) in [5.41, 5.74) is 4.88. The summed E-state index contributed by atoms with van der Waals surface area (Å²) in [5, 5.41) is 7.12. The third-order valence-electron chi connectivity index (χ3n) is 4.96. The highest BCUT2D eigenvalue weighted by Gasteiger charge is 2.27. The Morgan fingerprint density at radius 2 is 1.90 bits per heavy atom. The van der Waals surface area contributed by atoms with Gasteiger partial charge in [0.25, 0.3) is 10.0 Å². The van der Waals surface area contributed by atoms with Crippen molar-refractivity contribution in [3.05, 3.63) is 54.5 Å². The van der Waals surface area contributed by atoms with Gasteiger partial charge in [0.05, 0.1) is 17.3 Å². The molecule has 0 spiro atoms. The molecule has 0 aliphatic carbocycles. The maximum absolute atomic E-state index is 13.1. The molecule has 0 aliphatic heterocycles. The third-order valence-corrected chi connectivity index (χ3v) is 6.65. The first-order valence-electron chi connectivity index (χ1n) is 9.03. The van der Waals surface area contributed by atoms with Crippen molar-refractivity contribution in [2.45, 2.75) is 11.9 Å². The molecule has 0 radical (unpaired) electrons. The monoisotopic (exact) mass is 410 g/mol. The second kappa shape index (κ2) is 6.93. The van der Waals surface area contributed by atoms with Gasteiger partial charge in [0.1, 0.15) is 5.65 Å². The number of pyridine rings is 1. The van der Waals surface area contributed by atoms with E-state index in [4.69, 9.17) is 0 Å². The summed E-state index contributed by atoms with van der Waals surface area (Å²) in [7, 11) is 1.72. The molecule has 0 bridgehead atoms. The number of fused-ring (bicyclic) bond motifs is 1. The van der Waals surface area contributed by atoms with Gasteiger partial charge < -0.3 is 9.88 Å². The number of aryl methyl sites for hydroxylation is 1. The zero-order valence-corrected chi connectivity index (χ0v) is 17.4. The van der Waals surface area contributed by atoms with E-state index < -0.39 is 10.0 Å². The second-order valence-electron chi connectivity index (χ2n) is 7.05. The minimum absolute atomic E-state index is 0.0380. The Hall–Kier alpha value is -3.33. The first kappa shape index (κ1) is 19.0. The van der Waals surface area contributed by atoms with Gasteiger partial charge in [0, 0.05) is 44.8 Å². The molecular formula is C20H22N6O2S. The lowest BCUT2D eigenvalue weighted by Gasteiger charge is -2.22. The fourth-order valence-electron chi connectivity index (χ4n) is 3.41. The summed E-state index contributed by atoms with van der Waals surface area (Å²) >= 11 is 0. The topological polar surface area (TPSA) is 98.0 Å². The first-order chi connectivity index (χ1) is 13.8. The van der Waals surface area contributed by atoms with Gasteiger partial charge in [-0.3, -0.25) is 9.40 Å². The number of sulfonamides is 1. The predicted octanol–water partition coefficient (Wildman–Crippen LogP) is 3.15. The van der Waals surface area contributed by atoms with Gasteiger partial charge in [-0.05, 0) is 36.2 Å². The van der Waals surface area contributed by atoms with Crippen LogP contribution in [0.4, 0.5) is 11.4 Å². The Bertz CT molecular complexity index is 1280. The number of hydrogen-bond donors (Lipinski definition) is 2. The Kier molecular flexibility index (Phi) is 4.54. The Labute approximate surface area is 169 Å². The number of hydrogen-bond acceptors (Lipinski definition) is 5. The van der Waals surface area contributed by atoms with E-state index in [0.717, 1.165) is 27.8 Å². The summed E-state index contributed by atoms with van der Waals surface area (Å²) in [6.45, 7) is 1.85. The molecule has 0 unspecified atom stereocenters. The highest BCUT2D eigenvalue weighted by atomic mass is 32.2. The maximum atomic E-state index is 13.1. The number of nitrogens with zero attached hydrogens (tertiary/aromatic N) is 4. The average Bonchev–Trinajstić information content (AvgIpc) is 3.38. The smallest absolute Gasteiger partial charge is 0.281 e. The van der Waals surface area contributed by atoms with Gasteiger partial charge in [-0.2, -0.15) is 13.5 Å². The summed E-state index contributed by atoms with van der Waals surface area (Å²) < 4.78 is 27.5. The van der Waals surface area contributed by atoms with Crippen LogP contribution in [0.1, 0.15) is 5.56 Å². The van der Waals surface area contributed by atoms with Gasteiger partial charge >= 0.3 is 0 Å². The van der Waals surface area contributed by atoms with Crippen LogP contribution in [-0.2, 0) is 10.0 Å². The third kappa shape index (κ3) is 3.13. The van der Waals surface area contributed by atoms with E-state index in [0.29, 0.717) is 11.3 Å². The van der Waals surface area contributed by atoms with Crippen LogP contribution in [0.3, 0.4) is 0 Å².